The first-order valence-corrected chi connectivity index (χ1v) is 3.43. The average Bonchev–Trinajstić information content (AvgIpc) is 1.89. The third-order valence-corrected chi connectivity index (χ3v) is 0.846. The van der Waals surface area contributed by atoms with Gasteiger partial charge in [0.1, 0.15) is 0 Å². The fraction of sp³-hybridized carbons (Fsp3) is 0.556. The summed E-state index contributed by atoms with van der Waals surface area (Å²) >= 11 is 0. The van der Waals surface area contributed by atoms with Gasteiger partial charge < -0.3 is 6.92 Å². The molecule has 0 heterocycles. The van der Waals surface area contributed by atoms with Gasteiger partial charge in [0, 0.05) is 0 Å². The van der Waals surface area contributed by atoms with Crippen molar-refractivity contribution >= 4 is 0 Å². The zero-order valence-corrected chi connectivity index (χ0v) is 10.6. The van der Waals surface area contributed by atoms with E-state index in [2.05, 4.69) is 20.8 Å². The predicted molar refractivity (Wildman–Crippen MR) is 45.1 cm³/mol. The number of unbranched alkanes of at least 4 members (excludes halogenated alkanes) is 1. The van der Waals surface area contributed by atoms with Gasteiger partial charge in [0.2, 0.25) is 0 Å². The van der Waals surface area contributed by atoms with Crippen LogP contribution in [0.1, 0.15) is 33.6 Å². The maximum Gasteiger partial charge on any atom is 2.00 e. The Morgan fingerprint density at radius 2 is 1.70 bits per heavy atom. The summed E-state index contributed by atoms with van der Waals surface area (Å²) in [5.41, 5.74) is 1.13. The van der Waals surface area contributed by atoms with Crippen LogP contribution >= 0.6 is 0 Å². The zero-order valence-electron chi connectivity index (χ0n) is 7.61. The van der Waals surface area contributed by atoms with Crippen LogP contribution in [0.15, 0.2) is 11.6 Å². The van der Waals surface area contributed by atoms with E-state index >= 15 is 0 Å². The van der Waals surface area contributed by atoms with E-state index in [9.17, 15) is 0 Å². The van der Waals surface area contributed by atoms with Crippen molar-refractivity contribution in [1.29, 1.82) is 0 Å². The normalized spacial score (nSPS) is 9.00. The van der Waals surface area contributed by atoms with E-state index in [1.54, 1.807) is 0 Å². The Morgan fingerprint density at radius 3 is 1.70 bits per heavy atom. The molecule has 56 valence electrons. The molecule has 0 aliphatic carbocycles. The minimum absolute atomic E-state index is 0. The minimum Gasteiger partial charge on any atom is -0.343 e. The minimum atomic E-state index is 0. The average molecular weight is 192 g/mol. The molecule has 0 aliphatic rings. The van der Waals surface area contributed by atoms with E-state index in [0.717, 1.165) is 12.0 Å². The smallest absolute Gasteiger partial charge is 0.343 e. The summed E-state index contributed by atoms with van der Waals surface area (Å²) in [4.78, 5) is 0. The summed E-state index contributed by atoms with van der Waals surface area (Å²) in [6, 6.07) is 0. The summed E-state index contributed by atoms with van der Waals surface area (Å²) in [5, 5.41) is 0. The van der Waals surface area contributed by atoms with Crippen molar-refractivity contribution in [3.63, 3.8) is 0 Å². The van der Waals surface area contributed by atoms with Crippen LogP contribution in [0.3, 0.4) is 0 Å². The van der Waals surface area contributed by atoms with Crippen molar-refractivity contribution in [2.75, 3.05) is 0 Å². The monoisotopic (exact) mass is 190 g/mol. The van der Waals surface area contributed by atoms with Crippen LogP contribution in [0.5, 0.6) is 0 Å². The van der Waals surface area contributed by atoms with Crippen molar-refractivity contribution in [3.05, 3.63) is 25.5 Å². The number of allylic oxidation sites excluding steroid dienone is 2. The van der Waals surface area contributed by atoms with Crippen LogP contribution in [-0.4, -0.2) is 0 Å². The quantitative estimate of drug-likeness (QED) is 0.440. The molecule has 0 bridgehead atoms. The van der Waals surface area contributed by atoms with Crippen molar-refractivity contribution in [1.82, 2.24) is 0 Å². The van der Waals surface area contributed by atoms with Crippen LogP contribution in [-0.2, 0) is 19.5 Å². The Labute approximate surface area is 78.9 Å². The molecule has 0 radical (unpaired) electrons. The molecular formula is C9H18Zn. The summed E-state index contributed by atoms with van der Waals surface area (Å²) in [7, 11) is 0. The third kappa shape index (κ3) is 41.2. The Balaban J connectivity index is -0.0000000910. The van der Waals surface area contributed by atoms with Crippen LogP contribution in [0.4, 0.5) is 0 Å². The first kappa shape index (κ1) is 16.7. The molecule has 0 N–H and O–H groups in total. The molecule has 0 unspecified atom stereocenters. The Kier molecular flexibility index (Phi) is 26.9. The summed E-state index contributed by atoms with van der Waals surface area (Å²) in [6.07, 6.45) is 4.25. The first-order valence-electron chi connectivity index (χ1n) is 3.43. The molecule has 0 saturated heterocycles. The second kappa shape index (κ2) is 16.1. The van der Waals surface area contributed by atoms with Gasteiger partial charge in [-0.05, 0) is 0 Å². The van der Waals surface area contributed by atoms with Crippen molar-refractivity contribution in [2.45, 2.75) is 33.6 Å². The fourth-order valence-electron chi connectivity index (χ4n) is 0. The molecule has 0 aromatic rings. The van der Waals surface area contributed by atoms with Gasteiger partial charge in [0.15, 0.2) is 0 Å². The van der Waals surface area contributed by atoms with Crippen LogP contribution in [0.2, 0.25) is 0 Å². The van der Waals surface area contributed by atoms with Gasteiger partial charge in [-0.15, -0.1) is 6.92 Å². The largest absolute Gasteiger partial charge is 2.00 e. The third-order valence-electron chi connectivity index (χ3n) is 0.846. The van der Waals surface area contributed by atoms with Crippen molar-refractivity contribution in [3.8, 4) is 0 Å². The summed E-state index contributed by atoms with van der Waals surface area (Å²) in [6.45, 7) is 13.3. The van der Waals surface area contributed by atoms with E-state index in [-0.39, 0.29) is 19.5 Å². The molecule has 0 aliphatic heterocycles. The number of hydrogen-bond donors (Lipinski definition) is 0. The molecule has 0 amide bonds. The Bertz CT molecular complexity index is 59.1. The van der Waals surface area contributed by atoms with Gasteiger partial charge in [-0.3, -0.25) is 0 Å². The standard InChI is InChI=1S/C5H9.C4H9.Zn/c1-4-5(2)3;1-3-4-2;/h4H,2H2,1,3H3;1,3-4H2,2H3;/q2*-1;+2/b5-4-;;. The van der Waals surface area contributed by atoms with Crippen molar-refractivity contribution in [2.24, 2.45) is 0 Å². The van der Waals surface area contributed by atoms with Gasteiger partial charge in [-0.2, -0.15) is 6.42 Å². The number of rotatable bonds is 1. The van der Waals surface area contributed by atoms with E-state index in [1.807, 2.05) is 19.9 Å². The summed E-state index contributed by atoms with van der Waals surface area (Å²) in [5.74, 6) is 0. The molecule has 10 heavy (non-hydrogen) atoms. The molecule has 0 aromatic heterocycles. The molecule has 0 saturated carbocycles. The second-order valence-corrected chi connectivity index (χ2v) is 1.99. The van der Waals surface area contributed by atoms with E-state index < -0.39 is 0 Å². The molecular weight excluding hydrogens is 173 g/mol. The Hall–Kier alpha value is 0.233. The van der Waals surface area contributed by atoms with E-state index in [0.29, 0.717) is 0 Å². The van der Waals surface area contributed by atoms with Crippen LogP contribution in [0, 0.1) is 13.8 Å². The van der Waals surface area contributed by atoms with Gasteiger partial charge in [-0.25, -0.2) is 18.6 Å². The zero-order chi connectivity index (χ0) is 7.70. The topological polar surface area (TPSA) is 0 Å². The number of hydrogen-bond acceptors (Lipinski definition) is 0. The van der Waals surface area contributed by atoms with Gasteiger partial charge in [-0.1, -0.05) is 20.3 Å². The van der Waals surface area contributed by atoms with Crippen LogP contribution in [0.25, 0.3) is 0 Å². The molecule has 1 heteroatoms. The van der Waals surface area contributed by atoms with Gasteiger partial charge >= 0.3 is 19.5 Å². The fourth-order valence-corrected chi connectivity index (χ4v) is 0. The summed E-state index contributed by atoms with van der Waals surface area (Å²) < 4.78 is 0. The van der Waals surface area contributed by atoms with E-state index in [1.165, 1.54) is 6.42 Å². The molecule has 0 aromatic carbocycles. The maximum atomic E-state index is 3.62. The van der Waals surface area contributed by atoms with Crippen LogP contribution < -0.4 is 0 Å². The second-order valence-electron chi connectivity index (χ2n) is 1.99. The molecule has 0 spiro atoms. The van der Waals surface area contributed by atoms with Gasteiger partial charge in [0.25, 0.3) is 0 Å². The Morgan fingerprint density at radius 1 is 1.50 bits per heavy atom. The van der Waals surface area contributed by atoms with E-state index in [4.69, 9.17) is 0 Å². The van der Waals surface area contributed by atoms with Crippen molar-refractivity contribution < 1.29 is 19.5 Å². The maximum absolute atomic E-state index is 3.62. The predicted octanol–water partition coefficient (Wildman–Crippen LogP) is 3.40. The molecule has 0 fully saturated rings. The SMILES string of the molecule is [CH2-]/C(C)=C/C.[CH2-]CCC.[Zn+2]. The molecule has 0 atom stereocenters. The van der Waals surface area contributed by atoms with Gasteiger partial charge in [0.05, 0.1) is 0 Å². The molecule has 0 nitrogen and oxygen atoms in total. The molecule has 0 rings (SSSR count). The first-order chi connectivity index (χ1) is 4.18.